The minimum absolute atomic E-state index is 0.133. The Labute approximate surface area is 94.0 Å². The van der Waals surface area contributed by atoms with Crippen LogP contribution < -0.4 is 0 Å². The van der Waals surface area contributed by atoms with E-state index in [1.165, 1.54) is 0 Å². The number of carbonyl (C=O) groups is 1. The fourth-order valence-corrected chi connectivity index (χ4v) is 3.12. The first-order valence-corrected chi connectivity index (χ1v) is 5.85. The highest BCUT2D eigenvalue weighted by Crippen LogP contribution is 2.55. The van der Waals surface area contributed by atoms with Gasteiger partial charge in [-0.1, -0.05) is 30.3 Å². The third kappa shape index (κ3) is 0.990. The third-order valence-corrected chi connectivity index (χ3v) is 4.03. The molecule has 82 valence electrons. The van der Waals surface area contributed by atoms with E-state index < -0.39 is 0 Å². The van der Waals surface area contributed by atoms with E-state index in [9.17, 15) is 4.79 Å². The number of rotatable bonds is 1. The maximum atomic E-state index is 12.1. The van der Waals surface area contributed by atoms with Crippen molar-refractivity contribution in [3.63, 3.8) is 0 Å². The van der Waals surface area contributed by atoms with E-state index >= 15 is 0 Å². The molecule has 16 heavy (non-hydrogen) atoms. The summed E-state index contributed by atoms with van der Waals surface area (Å²) in [5.41, 5.74) is 1.10. The molecule has 1 aromatic rings. The van der Waals surface area contributed by atoms with Crippen LogP contribution in [0.3, 0.4) is 0 Å². The Morgan fingerprint density at radius 1 is 1.25 bits per heavy atom. The lowest BCUT2D eigenvalue weighted by molar-refractivity contribution is -0.136. The van der Waals surface area contributed by atoms with Gasteiger partial charge in [0.2, 0.25) is 5.91 Å². The summed E-state index contributed by atoms with van der Waals surface area (Å²) in [4.78, 5) is 14.0. The van der Waals surface area contributed by atoms with Gasteiger partial charge in [0.15, 0.2) is 6.23 Å². The average molecular weight is 215 g/mol. The summed E-state index contributed by atoms with van der Waals surface area (Å²) in [6.45, 7) is 0.715. The minimum Gasteiger partial charge on any atom is -0.352 e. The molecule has 0 radical (unpaired) electrons. The monoisotopic (exact) mass is 215 g/mol. The van der Waals surface area contributed by atoms with Gasteiger partial charge in [-0.3, -0.25) is 4.79 Å². The first-order chi connectivity index (χ1) is 7.86. The second kappa shape index (κ2) is 2.86. The van der Waals surface area contributed by atoms with E-state index in [0.717, 1.165) is 12.0 Å². The van der Waals surface area contributed by atoms with Crippen LogP contribution in [0.15, 0.2) is 30.3 Å². The van der Waals surface area contributed by atoms with Gasteiger partial charge in [0.05, 0.1) is 12.6 Å². The number of fused-ring (bicyclic) bond motifs is 3. The number of amides is 1. The van der Waals surface area contributed by atoms with Gasteiger partial charge in [-0.05, 0) is 12.3 Å². The largest absolute Gasteiger partial charge is 0.352 e. The van der Waals surface area contributed by atoms with Crippen LogP contribution in [0.2, 0.25) is 0 Å². The molecule has 3 fully saturated rings. The molecule has 4 unspecified atom stereocenters. The summed E-state index contributed by atoms with van der Waals surface area (Å²) in [5, 5.41) is 0. The Bertz CT molecular complexity index is 445. The highest BCUT2D eigenvalue weighted by atomic mass is 16.5. The Hall–Kier alpha value is -1.35. The maximum absolute atomic E-state index is 12.1. The molecular formula is C13H13NO2. The van der Waals surface area contributed by atoms with Crippen molar-refractivity contribution in [3.05, 3.63) is 35.9 Å². The number of benzene rings is 1. The molecule has 4 rings (SSSR count). The second-order valence-corrected chi connectivity index (χ2v) is 4.92. The minimum atomic E-state index is -0.133. The van der Waals surface area contributed by atoms with E-state index in [1.807, 2.05) is 35.2 Å². The van der Waals surface area contributed by atoms with Crippen LogP contribution >= 0.6 is 0 Å². The lowest BCUT2D eigenvalue weighted by atomic mass is 10.1. The van der Waals surface area contributed by atoms with Crippen molar-refractivity contribution in [2.45, 2.75) is 18.7 Å². The van der Waals surface area contributed by atoms with Crippen molar-refractivity contribution in [1.82, 2.24) is 4.90 Å². The SMILES string of the molecule is O=C1C2CC2C2COC(c3ccccc3)N12. The average Bonchev–Trinajstić information content (AvgIpc) is 2.92. The predicted molar refractivity (Wildman–Crippen MR) is 57.4 cm³/mol. The van der Waals surface area contributed by atoms with Gasteiger partial charge in [0.1, 0.15) is 0 Å². The van der Waals surface area contributed by atoms with Crippen LogP contribution in [-0.2, 0) is 9.53 Å². The fourth-order valence-electron chi connectivity index (χ4n) is 3.12. The quantitative estimate of drug-likeness (QED) is 0.711. The second-order valence-electron chi connectivity index (χ2n) is 4.92. The van der Waals surface area contributed by atoms with Gasteiger partial charge in [-0.15, -0.1) is 0 Å². The van der Waals surface area contributed by atoms with Gasteiger partial charge >= 0.3 is 0 Å². The molecule has 1 aliphatic carbocycles. The Kier molecular flexibility index (Phi) is 1.56. The molecular weight excluding hydrogens is 202 g/mol. The van der Waals surface area contributed by atoms with Crippen LogP contribution in [0.1, 0.15) is 18.2 Å². The molecule has 3 nitrogen and oxygen atoms in total. The number of hydrogen-bond donors (Lipinski definition) is 0. The van der Waals surface area contributed by atoms with Crippen LogP contribution in [-0.4, -0.2) is 23.5 Å². The van der Waals surface area contributed by atoms with Gasteiger partial charge in [-0.25, -0.2) is 0 Å². The Morgan fingerprint density at radius 2 is 2.06 bits per heavy atom. The molecule has 1 saturated carbocycles. The predicted octanol–water partition coefficient (Wildman–Crippen LogP) is 1.56. The van der Waals surface area contributed by atoms with Crippen molar-refractivity contribution in [1.29, 1.82) is 0 Å². The zero-order valence-electron chi connectivity index (χ0n) is 8.87. The number of hydrogen-bond acceptors (Lipinski definition) is 2. The Balaban J connectivity index is 1.70. The summed E-state index contributed by atoms with van der Waals surface area (Å²) in [6, 6.07) is 10.4. The molecule has 2 heterocycles. The topological polar surface area (TPSA) is 29.5 Å². The van der Waals surface area contributed by atoms with Crippen molar-refractivity contribution < 1.29 is 9.53 Å². The maximum Gasteiger partial charge on any atom is 0.228 e. The molecule has 0 aromatic heterocycles. The molecule has 4 atom stereocenters. The molecule has 3 heteroatoms. The first-order valence-electron chi connectivity index (χ1n) is 5.85. The number of piperidine rings is 1. The summed E-state index contributed by atoms with van der Waals surface area (Å²) in [7, 11) is 0. The van der Waals surface area contributed by atoms with Crippen LogP contribution in [0.5, 0.6) is 0 Å². The zero-order chi connectivity index (χ0) is 10.7. The first kappa shape index (κ1) is 8.76. The van der Waals surface area contributed by atoms with Gasteiger partial charge in [0.25, 0.3) is 0 Å². The molecule has 3 aliphatic rings. The molecule has 0 spiro atoms. The number of ether oxygens (including phenoxy) is 1. The summed E-state index contributed by atoms with van der Waals surface area (Å²) >= 11 is 0. The smallest absolute Gasteiger partial charge is 0.228 e. The molecule has 1 amide bonds. The standard InChI is InChI=1S/C13H13NO2/c15-12-10-6-9(10)11-7-16-13(14(11)12)8-4-2-1-3-5-8/h1-5,9-11,13H,6-7H2. The van der Waals surface area contributed by atoms with Gasteiger partial charge < -0.3 is 9.64 Å². The number of nitrogens with zero attached hydrogens (tertiary/aromatic N) is 1. The molecule has 1 aromatic carbocycles. The van der Waals surface area contributed by atoms with Crippen molar-refractivity contribution in [2.75, 3.05) is 6.61 Å². The third-order valence-electron chi connectivity index (χ3n) is 4.03. The summed E-state index contributed by atoms with van der Waals surface area (Å²) in [5.74, 6) is 1.21. The van der Waals surface area contributed by atoms with E-state index in [4.69, 9.17) is 4.74 Å². The van der Waals surface area contributed by atoms with Gasteiger partial charge in [0, 0.05) is 11.5 Å². The Morgan fingerprint density at radius 3 is 2.88 bits per heavy atom. The van der Waals surface area contributed by atoms with E-state index in [2.05, 4.69) is 0 Å². The van der Waals surface area contributed by atoms with Crippen molar-refractivity contribution in [3.8, 4) is 0 Å². The highest BCUT2D eigenvalue weighted by molar-refractivity contribution is 5.86. The van der Waals surface area contributed by atoms with E-state index in [0.29, 0.717) is 30.4 Å². The van der Waals surface area contributed by atoms with Crippen LogP contribution in [0.4, 0.5) is 0 Å². The summed E-state index contributed by atoms with van der Waals surface area (Å²) in [6.07, 6.45) is 0.955. The number of carbonyl (C=O) groups excluding carboxylic acids is 1. The van der Waals surface area contributed by atoms with Gasteiger partial charge in [-0.2, -0.15) is 0 Å². The molecule has 0 N–H and O–H groups in total. The zero-order valence-corrected chi connectivity index (χ0v) is 8.87. The van der Waals surface area contributed by atoms with Crippen LogP contribution in [0.25, 0.3) is 0 Å². The van der Waals surface area contributed by atoms with Crippen molar-refractivity contribution >= 4 is 5.91 Å². The lowest BCUT2D eigenvalue weighted by Crippen LogP contribution is -2.34. The fraction of sp³-hybridized carbons (Fsp3) is 0.462. The lowest BCUT2D eigenvalue weighted by Gasteiger charge is -2.24. The van der Waals surface area contributed by atoms with E-state index in [-0.39, 0.29) is 6.23 Å². The molecule has 0 bridgehead atoms. The molecule has 2 saturated heterocycles. The molecule has 2 aliphatic heterocycles. The normalized spacial score (nSPS) is 39.8. The van der Waals surface area contributed by atoms with Crippen molar-refractivity contribution in [2.24, 2.45) is 11.8 Å². The highest BCUT2D eigenvalue weighted by Gasteiger charge is 2.62. The van der Waals surface area contributed by atoms with Crippen LogP contribution in [0, 0.1) is 11.8 Å². The van der Waals surface area contributed by atoms with E-state index in [1.54, 1.807) is 0 Å². The summed E-state index contributed by atoms with van der Waals surface area (Å²) < 4.78 is 5.78.